The minimum Gasteiger partial charge on any atom is -0.377 e. The predicted molar refractivity (Wildman–Crippen MR) is 96.8 cm³/mol. The van der Waals surface area contributed by atoms with Crippen LogP contribution in [0, 0.1) is 5.92 Å². The zero-order chi connectivity index (χ0) is 17.2. The quantitative estimate of drug-likeness (QED) is 0.816. The van der Waals surface area contributed by atoms with E-state index >= 15 is 0 Å². The van der Waals surface area contributed by atoms with Crippen LogP contribution >= 0.6 is 0 Å². The molecule has 0 spiro atoms. The minimum atomic E-state index is -2.86. The molecule has 1 aliphatic carbocycles. The first-order valence-corrected chi connectivity index (χ1v) is 11.7. The SMILES string of the molecule is CN(CC1CCCO1)C1CCCC(C2CCC(S(C)(=O)=O)CC2)N1. The molecule has 3 fully saturated rings. The van der Waals surface area contributed by atoms with E-state index in [4.69, 9.17) is 4.74 Å². The number of rotatable bonds is 5. The van der Waals surface area contributed by atoms with E-state index in [0.29, 0.717) is 24.2 Å². The molecule has 0 bridgehead atoms. The second kappa shape index (κ2) is 8.02. The Balaban J connectivity index is 1.48. The highest BCUT2D eigenvalue weighted by Gasteiger charge is 2.35. The Bertz CT molecular complexity index is 496. The van der Waals surface area contributed by atoms with Crippen LogP contribution in [0.1, 0.15) is 57.8 Å². The van der Waals surface area contributed by atoms with Crippen LogP contribution < -0.4 is 5.32 Å². The number of piperidine rings is 1. The van der Waals surface area contributed by atoms with Crippen LogP contribution in [0.2, 0.25) is 0 Å². The largest absolute Gasteiger partial charge is 0.377 e. The molecule has 24 heavy (non-hydrogen) atoms. The lowest BCUT2D eigenvalue weighted by Crippen LogP contribution is -2.55. The van der Waals surface area contributed by atoms with Crippen LogP contribution in [0.15, 0.2) is 0 Å². The van der Waals surface area contributed by atoms with Crippen LogP contribution in [0.3, 0.4) is 0 Å². The van der Waals surface area contributed by atoms with Crippen LogP contribution in [0.25, 0.3) is 0 Å². The number of nitrogens with zero attached hydrogens (tertiary/aromatic N) is 1. The van der Waals surface area contributed by atoms with Gasteiger partial charge in [0.1, 0.15) is 9.84 Å². The van der Waals surface area contributed by atoms with E-state index in [2.05, 4.69) is 17.3 Å². The molecule has 6 heteroatoms. The third-order valence-electron chi connectivity index (χ3n) is 6.34. The first-order chi connectivity index (χ1) is 11.4. The van der Waals surface area contributed by atoms with Gasteiger partial charge in [0.25, 0.3) is 0 Å². The van der Waals surface area contributed by atoms with E-state index in [1.54, 1.807) is 0 Å². The summed E-state index contributed by atoms with van der Waals surface area (Å²) in [6.45, 7) is 1.94. The second-order valence-corrected chi connectivity index (χ2v) is 10.5. The molecule has 2 aliphatic heterocycles. The maximum atomic E-state index is 11.7. The summed E-state index contributed by atoms with van der Waals surface area (Å²) in [6, 6.07) is 0.552. The molecular weight excluding hydrogens is 324 g/mol. The molecule has 3 rings (SSSR count). The zero-order valence-corrected chi connectivity index (χ0v) is 16.1. The Morgan fingerprint density at radius 1 is 1.04 bits per heavy atom. The van der Waals surface area contributed by atoms with Gasteiger partial charge >= 0.3 is 0 Å². The number of hydrogen-bond acceptors (Lipinski definition) is 5. The zero-order valence-electron chi connectivity index (χ0n) is 15.2. The molecule has 0 amide bonds. The average molecular weight is 359 g/mol. The third kappa shape index (κ3) is 4.71. The van der Waals surface area contributed by atoms with Crippen LogP contribution in [0.5, 0.6) is 0 Å². The van der Waals surface area contributed by atoms with E-state index in [0.717, 1.165) is 38.8 Å². The first kappa shape index (κ1) is 18.6. The Labute approximate surface area is 147 Å². The first-order valence-electron chi connectivity index (χ1n) is 9.70. The molecule has 1 N–H and O–H groups in total. The summed E-state index contributed by atoms with van der Waals surface area (Å²) < 4.78 is 29.3. The normalized spacial score (nSPS) is 38.5. The lowest BCUT2D eigenvalue weighted by molar-refractivity contribution is 0.0438. The van der Waals surface area contributed by atoms with Gasteiger partial charge in [0.2, 0.25) is 0 Å². The molecule has 0 radical (unpaired) electrons. The number of nitrogens with one attached hydrogen (secondary N) is 1. The lowest BCUT2D eigenvalue weighted by atomic mass is 9.80. The maximum Gasteiger partial charge on any atom is 0.150 e. The lowest BCUT2D eigenvalue weighted by Gasteiger charge is -2.42. The molecule has 3 aliphatic rings. The molecule has 0 aromatic carbocycles. The van der Waals surface area contributed by atoms with Crippen LogP contribution in [0.4, 0.5) is 0 Å². The molecule has 2 saturated heterocycles. The second-order valence-electron chi connectivity index (χ2n) is 8.16. The summed E-state index contributed by atoms with van der Waals surface area (Å²) in [5.41, 5.74) is 0. The van der Waals surface area contributed by atoms with Gasteiger partial charge in [-0.15, -0.1) is 0 Å². The van der Waals surface area contributed by atoms with Gasteiger partial charge in [-0.25, -0.2) is 8.42 Å². The van der Waals surface area contributed by atoms with Gasteiger partial charge in [-0.05, 0) is 70.8 Å². The highest BCUT2D eigenvalue weighted by Crippen LogP contribution is 2.33. The topological polar surface area (TPSA) is 58.6 Å². The Kier molecular flexibility index (Phi) is 6.22. The van der Waals surface area contributed by atoms with Gasteiger partial charge < -0.3 is 4.74 Å². The summed E-state index contributed by atoms with van der Waals surface area (Å²) in [4.78, 5) is 2.43. The van der Waals surface area contributed by atoms with Crippen LogP contribution in [-0.2, 0) is 14.6 Å². The Hall–Kier alpha value is -0.170. The van der Waals surface area contributed by atoms with Crippen molar-refractivity contribution in [2.24, 2.45) is 5.92 Å². The number of sulfone groups is 1. The fourth-order valence-electron chi connectivity index (χ4n) is 4.82. The average Bonchev–Trinajstić information content (AvgIpc) is 3.07. The molecule has 2 heterocycles. The molecule has 1 saturated carbocycles. The van der Waals surface area contributed by atoms with Gasteiger partial charge in [-0.3, -0.25) is 10.2 Å². The summed E-state index contributed by atoms with van der Waals surface area (Å²) in [5.74, 6) is 0.641. The fourth-order valence-corrected chi connectivity index (χ4v) is 5.95. The summed E-state index contributed by atoms with van der Waals surface area (Å²) in [6.07, 6.45) is 12.1. The monoisotopic (exact) mass is 358 g/mol. The van der Waals surface area contributed by atoms with Crippen LogP contribution in [-0.4, -0.2) is 63.3 Å². The van der Waals surface area contributed by atoms with Crippen molar-refractivity contribution < 1.29 is 13.2 Å². The molecule has 3 unspecified atom stereocenters. The standard InChI is InChI=1S/C18H34N2O3S/c1-20(13-15-5-4-12-23-15)18-7-3-6-17(19-18)14-8-10-16(11-9-14)24(2,21)22/h14-19H,3-13H2,1-2H3. The number of likely N-dealkylation sites (N-methyl/N-ethyl adjacent to an activating group) is 1. The van der Waals surface area contributed by atoms with Gasteiger partial charge in [-0.2, -0.15) is 0 Å². The summed E-state index contributed by atoms with van der Waals surface area (Å²) >= 11 is 0. The molecule has 5 nitrogen and oxygen atoms in total. The molecule has 0 aromatic heterocycles. The maximum absolute atomic E-state index is 11.7. The highest BCUT2D eigenvalue weighted by molar-refractivity contribution is 7.91. The van der Waals surface area contributed by atoms with Gasteiger partial charge in [0, 0.05) is 25.4 Å². The Morgan fingerprint density at radius 2 is 1.79 bits per heavy atom. The highest BCUT2D eigenvalue weighted by atomic mass is 32.2. The van der Waals surface area contributed by atoms with Gasteiger partial charge in [-0.1, -0.05) is 0 Å². The van der Waals surface area contributed by atoms with Crippen molar-refractivity contribution in [3.8, 4) is 0 Å². The minimum absolute atomic E-state index is 0.102. The molecule has 3 atom stereocenters. The molecule has 140 valence electrons. The van der Waals surface area contributed by atoms with E-state index in [-0.39, 0.29) is 5.25 Å². The molecule has 0 aromatic rings. The van der Waals surface area contributed by atoms with E-state index in [1.165, 1.54) is 38.4 Å². The number of hydrogen-bond donors (Lipinski definition) is 1. The van der Waals surface area contributed by atoms with Crippen molar-refractivity contribution in [1.29, 1.82) is 0 Å². The van der Waals surface area contributed by atoms with Gasteiger partial charge in [0.05, 0.1) is 17.5 Å². The van der Waals surface area contributed by atoms with Crippen molar-refractivity contribution in [1.82, 2.24) is 10.2 Å². The van der Waals surface area contributed by atoms with Gasteiger partial charge in [0.15, 0.2) is 0 Å². The van der Waals surface area contributed by atoms with Crippen molar-refractivity contribution in [2.75, 3.05) is 26.5 Å². The predicted octanol–water partition coefficient (Wildman–Crippen LogP) is 2.17. The third-order valence-corrected chi connectivity index (χ3v) is 8.02. The Morgan fingerprint density at radius 3 is 2.42 bits per heavy atom. The molecular formula is C18H34N2O3S. The number of ether oxygens (including phenoxy) is 1. The van der Waals surface area contributed by atoms with Crippen molar-refractivity contribution in [3.05, 3.63) is 0 Å². The smallest absolute Gasteiger partial charge is 0.150 e. The van der Waals surface area contributed by atoms with E-state index in [9.17, 15) is 8.42 Å². The van der Waals surface area contributed by atoms with E-state index in [1.807, 2.05) is 0 Å². The van der Waals surface area contributed by atoms with E-state index < -0.39 is 9.84 Å². The van der Waals surface area contributed by atoms with Crippen molar-refractivity contribution in [2.45, 2.75) is 81.3 Å². The summed E-state index contributed by atoms with van der Waals surface area (Å²) in [7, 11) is -0.650. The fraction of sp³-hybridized carbons (Fsp3) is 1.00. The van der Waals surface area contributed by atoms with Crippen molar-refractivity contribution >= 4 is 9.84 Å². The summed E-state index contributed by atoms with van der Waals surface area (Å²) in [5, 5.41) is 3.77. The van der Waals surface area contributed by atoms with Crippen molar-refractivity contribution in [3.63, 3.8) is 0 Å².